The molecule has 0 aliphatic heterocycles. The van der Waals surface area contributed by atoms with Crippen molar-refractivity contribution in [2.24, 2.45) is 0 Å². The topological polar surface area (TPSA) is 86.8 Å². The van der Waals surface area contributed by atoms with E-state index in [1.54, 1.807) is 49.4 Å². The molecule has 0 fully saturated rings. The Hall–Kier alpha value is -1.81. The number of nitrogens with zero attached hydrogens (tertiary/aromatic N) is 2. The summed E-state index contributed by atoms with van der Waals surface area (Å²) in [4.78, 5) is 27.9. The van der Waals surface area contributed by atoms with Gasteiger partial charge in [-0.05, 0) is 56.2 Å². The summed E-state index contributed by atoms with van der Waals surface area (Å²) in [6.45, 7) is 4.97. The number of rotatable bonds is 10. The number of nitrogens with one attached hydrogen (secondary N) is 1. The highest BCUT2D eigenvalue weighted by atomic mass is 79.9. The fourth-order valence-electron chi connectivity index (χ4n) is 3.38. The average molecular weight is 593 g/mol. The van der Waals surface area contributed by atoms with E-state index in [1.165, 1.54) is 4.90 Å². The molecule has 0 aromatic heterocycles. The molecular formula is C23H28BrCl2N3O4S. The van der Waals surface area contributed by atoms with E-state index in [4.69, 9.17) is 23.2 Å². The van der Waals surface area contributed by atoms with Crippen LogP contribution in [0.25, 0.3) is 0 Å². The monoisotopic (exact) mass is 591 g/mol. The van der Waals surface area contributed by atoms with Crippen LogP contribution in [0.3, 0.4) is 0 Å². The lowest BCUT2D eigenvalue weighted by molar-refractivity contribution is -0.140. The van der Waals surface area contributed by atoms with E-state index in [0.717, 1.165) is 10.6 Å². The van der Waals surface area contributed by atoms with Gasteiger partial charge in [0.2, 0.25) is 21.8 Å². The molecule has 0 spiro atoms. The van der Waals surface area contributed by atoms with Crippen LogP contribution in [0, 0.1) is 0 Å². The van der Waals surface area contributed by atoms with E-state index >= 15 is 0 Å². The van der Waals surface area contributed by atoms with Crippen molar-refractivity contribution in [3.8, 4) is 0 Å². The SMILES string of the molecule is CCC(C(=O)NC(C)C)N(Cc1ccc(Cl)cc1Cl)C(=O)CN(c1cccc(Br)c1)S(C)(=O)=O. The molecule has 7 nitrogen and oxygen atoms in total. The number of sulfonamides is 1. The second kappa shape index (κ2) is 12.2. The third kappa shape index (κ3) is 7.86. The molecule has 34 heavy (non-hydrogen) atoms. The maximum absolute atomic E-state index is 13.6. The zero-order chi connectivity index (χ0) is 25.6. The lowest BCUT2D eigenvalue weighted by Crippen LogP contribution is -2.53. The highest BCUT2D eigenvalue weighted by Gasteiger charge is 2.32. The summed E-state index contributed by atoms with van der Waals surface area (Å²) >= 11 is 15.7. The zero-order valence-corrected chi connectivity index (χ0v) is 23.3. The molecule has 1 unspecified atom stereocenters. The Balaban J connectivity index is 2.48. The Morgan fingerprint density at radius 3 is 2.32 bits per heavy atom. The Bertz CT molecular complexity index is 1140. The fourth-order valence-corrected chi connectivity index (χ4v) is 5.08. The van der Waals surface area contributed by atoms with Crippen LogP contribution < -0.4 is 9.62 Å². The molecule has 2 aromatic carbocycles. The minimum Gasteiger partial charge on any atom is -0.352 e. The Labute approximate surface area is 219 Å². The third-order valence-electron chi connectivity index (χ3n) is 4.95. The lowest BCUT2D eigenvalue weighted by atomic mass is 10.1. The number of halogens is 3. The minimum atomic E-state index is -3.80. The molecule has 186 valence electrons. The van der Waals surface area contributed by atoms with Crippen LogP contribution in [-0.2, 0) is 26.2 Å². The highest BCUT2D eigenvalue weighted by Crippen LogP contribution is 2.26. The predicted octanol–water partition coefficient (Wildman–Crippen LogP) is 4.85. The van der Waals surface area contributed by atoms with Gasteiger partial charge >= 0.3 is 0 Å². The molecule has 11 heteroatoms. The largest absolute Gasteiger partial charge is 0.352 e. The number of anilines is 1. The first-order chi connectivity index (χ1) is 15.8. The summed E-state index contributed by atoms with van der Waals surface area (Å²) in [7, 11) is -3.80. The number of carbonyl (C=O) groups is 2. The van der Waals surface area contributed by atoms with Crippen molar-refractivity contribution >= 4 is 66.7 Å². The lowest BCUT2D eigenvalue weighted by Gasteiger charge is -2.33. The number of amides is 2. The molecule has 0 heterocycles. The summed E-state index contributed by atoms with van der Waals surface area (Å²) in [5.74, 6) is -0.869. The van der Waals surface area contributed by atoms with E-state index in [9.17, 15) is 18.0 Å². The van der Waals surface area contributed by atoms with Gasteiger partial charge in [-0.25, -0.2) is 8.42 Å². The molecule has 2 amide bonds. The second-order valence-corrected chi connectivity index (χ2v) is 11.8. The van der Waals surface area contributed by atoms with E-state index < -0.39 is 28.5 Å². The Morgan fingerprint density at radius 1 is 1.12 bits per heavy atom. The van der Waals surface area contributed by atoms with E-state index in [1.807, 2.05) is 13.8 Å². The van der Waals surface area contributed by atoms with Gasteiger partial charge in [-0.15, -0.1) is 0 Å². The number of hydrogen-bond donors (Lipinski definition) is 1. The molecule has 2 rings (SSSR count). The molecule has 0 aliphatic rings. The highest BCUT2D eigenvalue weighted by molar-refractivity contribution is 9.10. The van der Waals surface area contributed by atoms with Crippen LogP contribution in [0.2, 0.25) is 10.0 Å². The standard InChI is InChI=1S/C23H28BrCl2N3O4S/c1-5-21(23(31)27-15(2)3)28(13-16-9-10-18(25)12-20(16)26)22(30)14-29(34(4,32)33)19-8-6-7-17(24)11-19/h6-12,15,21H,5,13-14H2,1-4H3,(H,27,31). The number of benzene rings is 2. The number of carbonyl (C=O) groups excluding carboxylic acids is 2. The normalized spacial score (nSPS) is 12.4. The molecule has 1 atom stereocenters. The molecule has 0 saturated carbocycles. The molecule has 0 bridgehead atoms. The van der Waals surface area contributed by atoms with Crippen LogP contribution in [0.1, 0.15) is 32.8 Å². The summed E-state index contributed by atoms with van der Waals surface area (Å²) in [6, 6.07) is 10.6. The van der Waals surface area contributed by atoms with Gasteiger partial charge in [-0.2, -0.15) is 0 Å². The molecular weight excluding hydrogens is 565 g/mol. The first-order valence-corrected chi connectivity index (χ1v) is 14.0. The van der Waals surface area contributed by atoms with Gasteiger partial charge in [0.1, 0.15) is 12.6 Å². The van der Waals surface area contributed by atoms with Gasteiger partial charge in [-0.3, -0.25) is 13.9 Å². The van der Waals surface area contributed by atoms with Crippen molar-refractivity contribution in [3.63, 3.8) is 0 Å². The van der Waals surface area contributed by atoms with Crippen LogP contribution in [0.15, 0.2) is 46.9 Å². The Morgan fingerprint density at radius 2 is 1.79 bits per heavy atom. The first-order valence-electron chi connectivity index (χ1n) is 10.6. The van der Waals surface area contributed by atoms with Crippen LogP contribution >= 0.6 is 39.1 Å². The molecule has 0 radical (unpaired) electrons. The van der Waals surface area contributed by atoms with E-state index in [0.29, 0.717) is 32.2 Å². The van der Waals surface area contributed by atoms with Crippen molar-refractivity contribution in [2.45, 2.75) is 45.8 Å². The average Bonchev–Trinajstić information content (AvgIpc) is 2.71. The van der Waals surface area contributed by atoms with Crippen molar-refractivity contribution in [2.75, 3.05) is 17.1 Å². The summed E-state index contributed by atoms with van der Waals surface area (Å²) in [6.07, 6.45) is 1.36. The summed E-state index contributed by atoms with van der Waals surface area (Å²) < 4.78 is 26.9. The minimum absolute atomic E-state index is 0.00887. The summed E-state index contributed by atoms with van der Waals surface area (Å²) in [5.41, 5.74) is 0.915. The van der Waals surface area contributed by atoms with Crippen molar-refractivity contribution in [1.29, 1.82) is 0 Å². The quantitative estimate of drug-likeness (QED) is 0.427. The first kappa shape index (κ1) is 28.4. The van der Waals surface area contributed by atoms with Gasteiger partial charge < -0.3 is 10.2 Å². The van der Waals surface area contributed by atoms with Gasteiger partial charge in [-0.1, -0.05) is 58.2 Å². The zero-order valence-electron chi connectivity index (χ0n) is 19.4. The van der Waals surface area contributed by atoms with E-state index in [2.05, 4.69) is 21.2 Å². The van der Waals surface area contributed by atoms with Gasteiger partial charge in [0.15, 0.2) is 0 Å². The second-order valence-electron chi connectivity index (χ2n) is 8.09. The van der Waals surface area contributed by atoms with Crippen molar-refractivity contribution in [1.82, 2.24) is 10.2 Å². The summed E-state index contributed by atoms with van der Waals surface area (Å²) in [5, 5.41) is 3.62. The molecule has 2 aromatic rings. The maximum atomic E-state index is 13.6. The smallest absolute Gasteiger partial charge is 0.244 e. The van der Waals surface area contributed by atoms with Gasteiger partial charge in [0.05, 0.1) is 11.9 Å². The Kier molecular flexibility index (Phi) is 10.2. The molecule has 0 aliphatic carbocycles. The van der Waals surface area contributed by atoms with Crippen LogP contribution in [0.4, 0.5) is 5.69 Å². The van der Waals surface area contributed by atoms with Crippen molar-refractivity contribution < 1.29 is 18.0 Å². The maximum Gasteiger partial charge on any atom is 0.244 e. The molecule has 0 saturated heterocycles. The van der Waals surface area contributed by atoms with Gasteiger partial charge in [0, 0.05) is 27.1 Å². The van der Waals surface area contributed by atoms with Crippen LogP contribution in [-0.4, -0.2) is 50.0 Å². The molecule has 1 N–H and O–H groups in total. The van der Waals surface area contributed by atoms with Crippen molar-refractivity contribution in [3.05, 3.63) is 62.5 Å². The number of hydrogen-bond acceptors (Lipinski definition) is 4. The van der Waals surface area contributed by atoms with Crippen LogP contribution in [0.5, 0.6) is 0 Å². The predicted molar refractivity (Wildman–Crippen MR) is 141 cm³/mol. The third-order valence-corrected chi connectivity index (χ3v) is 7.17. The fraction of sp³-hybridized carbons (Fsp3) is 0.391. The van der Waals surface area contributed by atoms with E-state index in [-0.39, 0.29) is 18.5 Å². The van der Waals surface area contributed by atoms with Gasteiger partial charge in [0.25, 0.3) is 0 Å².